The van der Waals surface area contributed by atoms with Gasteiger partial charge in [-0.1, -0.05) is 45.4 Å². The first-order chi connectivity index (χ1) is 12.7. The second kappa shape index (κ2) is 10.9. The van der Waals surface area contributed by atoms with E-state index in [-0.39, 0.29) is 12.4 Å². The average Bonchev–Trinajstić information content (AvgIpc) is 2.94. The average molecular weight is 394 g/mol. The molecule has 4 nitrogen and oxygen atoms in total. The van der Waals surface area contributed by atoms with Crippen molar-refractivity contribution in [2.24, 2.45) is 4.99 Å². The number of halogens is 1. The molecule has 0 saturated carbocycles. The predicted molar refractivity (Wildman–Crippen MR) is 119 cm³/mol. The number of nitrogens with zero attached hydrogens (tertiary/aromatic N) is 3. The maximum Gasteiger partial charge on any atom is 0.207 e. The van der Waals surface area contributed by atoms with Crippen LogP contribution in [0.15, 0.2) is 17.1 Å². The first-order valence-electron chi connectivity index (χ1n) is 10.5. The Morgan fingerprint density at radius 1 is 0.963 bits per heavy atom. The minimum atomic E-state index is 0. The molecule has 1 aromatic rings. The molecule has 2 aliphatic rings. The van der Waals surface area contributed by atoms with E-state index in [1.165, 1.54) is 61.0 Å². The first kappa shape index (κ1) is 22.0. The lowest BCUT2D eigenvalue weighted by molar-refractivity contribution is 0.137. The molecular formula is C22H36ClN3O. The Bertz CT molecular complexity index is 632. The molecule has 0 unspecified atom stereocenters. The smallest absolute Gasteiger partial charge is 0.207 e. The summed E-state index contributed by atoms with van der Waals surface area (Å²) in [5.41, 5.74) is 5.24. The lowest BCUT2D eigenvalue weighted by atomic mass is 10.1. The van der Waals surface area contributed by atoms with Gasteiger partial charge < -0.3 is 9.64 Å². The van der Waals surface area contributed by atoms with E-state index in [1.807, 2.05) is 0 Å². The number of aliphatic imine (C=N–C) groups is 1. The molecule has 0 saturated heterocycles. The lowest BCUT2D eigenvalue weighted by Crippen LogP contribution is -2.42. The van der Waals surface area contributed by atoms with Crippen molar-refractivity contribution >= 4 is 29.7 Å². The molecule has 0 amide bonds. The second-order valence-electron chi connectivity index (χ2n) is 7.70. The number of hydrogen-bond donors (Lipinski definition) is 0. The van der Waals surface area contributed by atoms with Gasteiger partial charge in [0, 0.05) is 19.7 Å². The number of guanidine groups is 1. The minimum Gasteiger partial charge on any atom is -0.361 e. The Kier molecular flexibility index (Phi) is 8.91. The molecule has 1 aromatic carbocycles. The van der Waals surface area contributed by atoms with Crippen LogP contribution in [0.4, 0.5) is 11.4 Å². The van der Waals surface area contributed by atoms with Crippen LogP contribution in [0.5, 0.6) is 0 Å². The van der Waals surface area contributed by atoms with Gasteiger partial charge in [0.25, 0.3) is 0 Å². The van der Waals surface area contributed by atoms with Gasteiger partial charge in [-0.15, -0.1) is 12.4 Å². The van der Waals surface area contributed by atoms with Crippen LogP contribution in [-0.4, -0.2) is 32.4 Å². The van der Waals surface area contributed by atoms with Crippen molar-refractivity contribution in [1.82, 2.24) is 0 Å². The van der Waals surface area contributed by atoms with E-state index >= 15 is 0 Å². The van der Waals surface area contributed by atoms with Crippen molar-refractivity contribution < 1.29 is 4.74 Å². The third-order valence-electron chi connectivity index (χ3n) is 5.56. The van der Waals surface area contributed by atoms with Crippen molar-refractivity contribution in [3.63, 3.8) is 0 Å². The summed E-state index contributed by atoms with van der Waals surface area (Å²) < 4.78 is 6.04. The van der Waals surface area contributed by atoms with Gasteiger partial charge in [-0.3, -0.25) is 9.89 Å². The number of ether oxygens (including phenoxy) is 1. The molecule has 152 valence electrons. The van der Waals surface area contributed by atoms with Crippen LogP contribution in [0.25, 0.3) is 0 Å². The lowest BCUT2D eigenvalue weighted by Gasteiger charge is -2.26. The summed E-state index contributed by atoms with van der Waals surface area (Å²) in [5, 5.41) is 0. The fourth-order valence-electron chi connectivity index (χ4n) is 3.82. The summed E-state index contributed by atoms with van der Waals surface area (Å²) in [6, 6.07) is 4.60. The summed E-state index contributed by atoms with van der Waals surface area (Å²) in [4.78, 5) is 9.42. The zero-order valence-electron chi connectivity index (χ0n) is 17.3. The molecule has 0 fully saturated rings. The quantitative estimate of drug-likeness (QED) is 0.467. The fraction of sp³-hybridized carbons (Fsp3) is 0.682. The minimum absolute atomic E-state index is 0. The van der Waals surface area contributed by atoms with Gasteiger partial charge in [-0.05, 0) is 49.9 Å². The van der Waals surface area contributed by atoms with Crippen LogP contribution in [0.2, 0.25) is 0 Å². The Morgan fingerprint density at radius 3 is 2.37 bits per heavy atom. The molecule has 2 aliphatic heterocycles. The molecule has 0 N–H and O–H groups in total. The van der Waals surface area contributed by atoms with E-state index in [1.54, 1.807) is 0 Å². The van der Waals surface area contributed by atoms with Crippen molar-refractivity contribution in [2.75, 3.05) is 36.2 Å². The summed E-state index contributed by atoms with van der Waals surface area (Å²) in [6.45, 7) is 10.1. The summed E-state index contributed by atoms with van der Waals surface area (Å²) >= 11 is 0. The number of anilines is 2. The molecule has 5 heteroatoms. The summed E-state index contributed by atoms with van der Waals surface area (Å²) in [6.07, 6.45) is 10.4. The third-order valence-corrected chi connectivity index (χ3v) is 5.56. The van der Waals surface area contributed by atoms with Gasteiger partial charge in [-0.25, -0.2) is 0 Å². The van der Waals surface area contributed by atoms with Gasteiger partial charge >= 0.3 is 0 Å². The van der Waals surface area contributed by atoms with Crippen molar-refractivity contribution in [3.05, 3.63) is 23.3 Å². The number of unbranched alkanes of at least 4 members (excludes halogenated alkanes) is 6. The number of benzene rings is 1. The van der Waals surface area contributed by atoms with E-state index in [9.17, 15) is 0 Å². The SMILES string of the molecule is CCCCCCCCCOCN1C2=NCCCN2c2cc(C)c(C)cc21.Cl. The second-order valence-corrected chi connectivity index (χ2v) is 7.70. The summed E-state index contributed by atoms with van der Waals surface area (Å²) in [7, 11) is 0. The highest BCUT2D eigenvalue weighted by Gasteiger charge is 2.34. The maximum atomic E-state index is 6.04. The highest BCUT2D eigenvalue weighted by Crippen LogP contribution is 2.40. The number of fused-ring (bicyclic) bond motifs is 3. The molecule has 0 spiro atoms. The van der Waals surface area contributed by atoms with Crippen LogP contribution in [0, 0.1) is 13.8 Å². The number of aryl methyl sites for hydroxylation is 2. The van der Waals surface area contributed by atoms with Crippen LogP contribution in [0.3, 0.4) is 0 Å². The van der Waals surface area contributed by atoms with Gasteiger partial charge in [0.05, 0.1) is 11.4 Å². The Hall–Kier alpha value is -1.26. The molecule has 3 rings (SSSR count). The monoisotopic (exact) mass is 393 g/mol. The molecular weight excluding hydrogens is 358 g/mol. The zero-order valence-corrected chi connectivity index (χ0v) is 18.1. The van der Waals surface area contributed by atoms with Crippen LogP contribution < -0.4 is 9.80 Å². The number of hydrogen-bond acceptors (Lipinski definition) is 4. The van der Waals surface area contributed by atoms with Crippen LogP contribution >= 0.6 is 12.4 Å². The molecule has 0 aliphatic carbocycles. The Morgan fingerprint density at radius 2 is 1.63 bits per heavy atom. The van der Waals surface area contributed by atoms with Gasteiger partial charge in [-0.2, -0.15) is 0 Å². The van der Waals surface area contributed by atoms with Gasteiger partial charge in [0.15, 0.2) is 0 Å². The van der Waals surface area contributed by atoms with Crippen molar-refractivity contribution in [3.8, 4) is 0 Å². The van der Waals surface area contributed by atoms with E-state index in [0.717, 1.165) is 38.5 Å². The molecule has 0 aromatic heterocycles. The molecule has 0 atom stereocenters. The van der Waals surface area contributed by atoms with E-state index in [4.69, 9.17) is 9.73 Å². The predicted octanol–water partition coefficient (Wildman–Crippen LogP) is 5.84. The highest BCUT2D eigenvalue weighted by atomic mass is 35.5. The standard InChI is InChI=1S/C22H35N3O.ClH/c1-4-5-6-7-8-9-10-14-26-17-25-21-16-19(3)18(2)15-20(21)24-13-11-12-23-22(24)25;/h15-16H,4-14,17H2,1-3H3;1H. The number of rotatable bonds is 10. The Labute approximate surface area is 171 Å². The maximum absolute atomic E-state index is 6.04. The van der Waals surface area contributed by atoms with E-state index in [2.05, 4.69) is 42.7 Å². The van der Waals surface area contributed by atoms with Gasteiger partial charge in [0.2, 0.25) is 5.96 Å². The summed E-state index contributed by atoms with van der Waals surface area (Å²) in [5.74, 6) is 1.08. The molecule has 0 bridgehead atoms. The Balaban J connectivity index is 0.00000261. The third kappa shape index (κ3) is 5.39. The normalized spacial score (nSPS) is 15.3. The van der Waals surface area contributed by atoms with Crippen molar-refractivity contribution in [1.29, 1.82) is 0 Å². The van der Waals surface area contributed by atoms with Crippen LogP contribution in [0.1, 0.15) is 69.4 Å². The highest BCUT2D eigenvalue weighted by molar-refractivity contribution is 6.16. The van der Waals surface area contributed by atoms with E-state index < -0.39 is 0 Å². The topological polar surface area (TPSA) is 28.1 Å². The van der Waals surface area contributed by atoms with Crippen LogP contribution in [-0.2, 0) is 4.74 Å². The first-order valence-corrected chi connectivity index (χ1v) is 10.5. The van der Waals surface area contributed by atoms with E-state index in [0.29, 0.717) is 6.73 Å². The molecule has 0 radical (unpaired) electrons. The zero-order chi connectivity index (χ0) is 18.4. The molecule has 2 heterocycles. The molecule has 27 heavy (non-hydrogen) atoms. The largest absolute Gasteiger partial charge is 0.361 e. The van der Waals surface area contributed by atoms with Gasteiger partial charge in [0.1, 0.15) is 6.73 Å². The fourth-order valence-corrected chi connectivity index (χ4v) is 3.82. The van der Waals surface area contributed by atoms with Crippen molar-refractivity contribution in [2.45, 2.75) is 72.1 Å².